The van der Waals surface area contributed by atoms with Crippen molar-refractivity contribution < 1.29 is 9.53 Å². The molecule has 1 aromatic heterocycles. The largest absolute Gasteiger partial charge is 0.378 e. The van der Waals surface area contributed by atoms with Gasteiger partial charge in [-0.25, -0.2) is 4.98 Å². The van der Waals surface area contributed by atoms with E-state index in [2.05, 4.69) is 9.88 Å². The molecule has 2 heterocycles. The second kappa shape index (κ2) is 3.67. The number of anilines is 1. The fourth-order valence-corrected chi connectivity index (χ4v) is 2.28. The van der Waals surface area contributed by atoms with Crippen LogP contribution in [-0.4, -0.2) is 37.6 Å². The van der Waals surface area contributed by atoms with E-state index >= 15 is 0 Å². The van der Waals surface area contributed by atoms with E-state index in [0.29, 0.717) is 6.10 Å². The first-order valence-corrected chi connectivity index (χ1v) is 5.26. The number of aryl methyl sites for hydroxylation is 1. The molecule has 1 fully saturated rings. The smallest absolute Gasteiger partial charge is 0.186 e. The summed E-state index contributed by atoms with van der Waals surface area (Å²) in [6.07, 6.45) is 1.18. The van der Waals surface area contributed by atoms with Crippen LogP contribution in [0.1, 0.15) is 15.4 Å². The predicted molar refractivity (Wildman–Crippen MR) is 55.2 cm³/mol. The first-order chi connectivity index (χ1) is 6.74. The molecule has 0 aromatic carbocycles. The van der Waals surface area contributed by atoms with Crippen molar-refractivity contribution in [3.05, 3.63) is 10.6 Å². The summed E-state index contributed by atoms with van der Waals surface area (Å²) < 4.78 is 5.17. The van der Waals surface area contributed by atoms with Gasteiger partial charge in [-0.05, 0) is 6.92 Å². The van der Waals surface area contributed by atoms with Gasteiger partial charge in [0.25, 0.3) is 0 Å². The summed E-state index contributed by atoms with van der Waals surface area (Å²) in [7, 11) is 1.71. The molecule has 2 rings (SSSR count). The molecule has 1 aromatic rings. The lowest BCUT2D eigenvalue weighted by molar-refractivity contribution is 0.0787. The highest BCUT2D eigenvalue weighted by Gasteiger charge is 2.28. The summed E-state index contributed by atoms with van der Waals surface area (Å²) in [5.41, 5.74) is 0.820. The van der Waals surface area contributed by atoms with Gasteiger partial charge in [-0.3, -0.25) is 4.79 Å². The van der Waals surface area contributed by atoms with Gasteiger partial charge in [0.1, 0.15) is 0 Å². The van der Waals surface area contributed by atoms with Crippen molar-refractivity contribution >= 4 is 22.8 Å². The van der Waals surface area contributed by atoms with E-state index < -0.39 is 0 Å². The summed E-state index contributed by atoms with van der Waals surface area (Å²) in [4.78, 5) is 17.8. The predicted octanol–water partition coefficient (Wildman–Crippen LogP) is 1.10. The summed E-state index contributed by atoms with van der Waals surface area (Å²) >= 11 is 1.45. The molecule has 14 heavy (non-hydrogen) atoms. The molecule has 0 spiro atoms. The Balaban J connectivity index is 2.07. The second-order valence-electron chi connectivity index (χ2n) is 3.33. The first kappa shape index (κ1) is 9.61. The average molecular weight is 212 g/mol. The van der Waals surface area contributed by atoms with Crippen LogP contribution in [0.2, 0.25) is 0 Å². The first-order valence-electron chi connectivity index (χ1n) is 4.45. The highest BCUT2D eigenvalue weighted by Crippen LogP contribution is 2.28. The normalized spacial score (nSPS) is 16.9. The zero-order valence-electron chi connectivity index (χ0n) is 8.19. The number of aldehydes is 1. The minimum absolute atomic E-state index is 0.318. The maximum Gasteiger partial charge on any atom is 0.186 e. The molecule has 4 nitrogen and oxygen atoms in total. The number of carbonyl (C=O) groups excluding carboxylic acids is 1. The van der Waals surface area contributed by atoms with Gasteiger partial charge in [-0.15, -0.1) is 0 Å². The summed E-state index contributed by atoms with van der Waals surface area (Å²) in [5, 5.41) is 0.929. The highest BCUT2D eigenvalue weighted by atomic mass is 32.1. The number of methoxy groups -OCH3 is 1. The Morgan fingerprint density at radius 2 is 2.36 bits per heavy atom. The number of rotatable bonds is 3. The Kier molecular flexibility index (Phi) is 2.52. The van der Waals surface area contributed by atoms with E-state index in [9.17, 15) is 4.79 Å². The van der Waals surface area contributed by atoms with E-state index in [-0.39, 0.29) is 0 Å². The number of thiazole rings is 1. The molecule has 0 N–H and O–H groups in total. The Labute approximate surface area is 86.5 Å². The lowest BCUT2D eigenvalue weighted by Crippen LogP contribution is -2.51. The summed E-state index contributed by atoms with van der Waals surface area (Å²) in [5.74, 6) is 0. The Morgan fingerprint density at radius 1 is 1.64 bits per heavy atom. The van der Waals surface area contributed by atoms with Crippen LogP contribution in [0.5, 0.6) is 0 Å². The van der Waals surface area contributed by atoms with E-state index in [1.807, 2.05) is 6.92 Å². The zero-order valence-corrected chi connectivity index (χ0v) is 9.00. The molecule has 0 amide bonds. The van der Waals surface area contributed by atoms with E-state index in [1.54, 1.807) is 7.11 Å². The SMILES string of the molecule is COC1CN(c2nc(C)c(C=O)s2)C1. The summed E-state index contributed by atoms with van der Waals surface area (Å²) in [6.45, 7) is 3.61. The fraction of sp³-hybridized carbons (Fsp3) is 0.556. The van der Waals surface area contributed by atoms with Crippen molar-refractivity contribution in [2.45, 2.75) is 13.0 Å². The highest BCUT2D eigenvalue weighted by molar-refractivity contribution is 7.17. The Hall–Kier alpha value is -0.940. The third-order valence-corrected chi connectivity index (χ3v) is 3.52. The molecule has 0 saturated carbocycles. The third-order valence-electron chi connectivity index (χ3n) is 2.38. The van der Waals surface area contributed by atoms with E-state index in [1.165, 1.54) is 11.3 Å². The quantitative estimate of drug-likeness (QED) is 0.704. The molecule has 0 radical (unpaired) electrons. The van der Waals surface area contributed by atoms with Gasteiger partial charge in [-0.2, -0.15) is 0 Å². The van der Waals surface area contributed by atoms with Crippen LogP contribution in [0.25, 0.3) is 0 Å². The molecule has 0 atom stereocenters. The standard InChI is InChI=1S/C9H12N2O2S/c1-6-8(5-12)14-9(10-6)11-3-7(4-11)13-2/h5,7H,3-4H2,1-2H3. The van der Waals surface area contributed by atoms with Crippen LogP contribution >= 0.6 is 11.3 Å². The maximum absolute atomic E-state index is 10.6. The van der Waals surface area contributed by atoms with Crippen LogP contribution in [0.15, 0.2) is 0 Å². The number of ether oxygens (including phenoxy) is 1. The maximum atomic E-state index is 10.6. The average Bonchev–Trinajstić information content (AvgIpc) is 2.45. The van der Waals surface area contributed by atoms with Crippen molar-refractivity contribution in [2.24, 2.45) is 0 Å². The molecule has 0 bridgehead atoms. The van der Waals surface area contributed by atoms with Gasteiger partial charge in [0.05, 0.1) is 16.7 Å². The number of aromatic nitrogens is 1. The molecule has 1 aliphatic heterocycles. The lowest BCUT2D eigenvalue weighted by Gasteiger charge is -2.37. The summed E-state index contributed by atoms with van der Waals surface area (Å²) in [6, 6.07) is 0. The monoisotopic (exact) mass is 212 g/mol. The van der Waals surface area contributed by atoms with Crippen LogP contribution in [0.3, 0.4) is 0 Å². The number of carbonyl (C=O) groups is 1. The molecule has 1 saturated heterocycles. The minimum atomic E-state index is 0.318. The van der Waals surface area contributed by atoms with Crippen LogP contribution in [0, 0.1) is 6.92 Å². The van der Waals surface area contributed by atoms with Gasteiger partial charge in [-0.1, -0.05) is 11.3 Å². The Morgan fingerprint density at radius 3 is 2.86 bits per heavy atom. The number of nitrogens with zero attached hydrogens (tertiary/aromatic N) is 2. The Bertz CT molecular complexity index is 345. The molecule has 5 heteroatoms. The molecular weight excluding hydrogens is 200 g/mol. The van der Waals surface area contributed by atoms with Crippen molar-refractivity contribution in [3.8, 4) is 0 Å². The van der Waals surface area contributed by atoms with Gasteiger partial charge in [0.15, 0.2) is 11.4 Å². The van der Waals surface area contributed by atoms with Crippen LogP contribution in [0.4, 0.5) is 5.13 Å². The van der Waals surface area contributed by atoms with Crippen LogP contribution in [-0.2, 0) is 4.74 Å². The number of hydrogen-bond acceptors (Lipinski definition) is 5. The zero-order chi connectivity index (χ0) is 10.1. The van der Waals surface area contributed by atoms with Gasteiger partial charge >= 0.3 is 0 Å². The van der Waals surface area contributed by atoms with Crippen molar-refractivity contribution in [1.82, 2.24) is 4.98 Å². The molecule has 1 aliphatic rings. The third kappa shape index (κ3) is 1.53. The topological polar surface area (TPSA) is 42.4 Å². The van der Waals surface area contributed by atoms with Crippen LogP contribution < -0.4 is 4.90 Å². The molecular formula is C9H12N2O2S. The molecule has 0 unspecified atom stereocenters. The van der Waals surface area contributed by atoms with Gasteiger partial charge in [0.2, 0.25) is 0 Å². The van der Waals surface area contributed by atoms with Crippen molar-refractivity contribution in [3.63, 3.8) is 0 Å². The van der Waals surface area contributed by atoms with E-state index in [4.69, 9.17) is 4.74 Å². The van der Waals surface area contributed by atoms with Crippen molar-refractivity contribution in [1.29, 1.82) is 0 Å². The van der Waals surface area contributed by atoms with Gasteiger partial charge < -0.3 is 9.64 Å². The molecule has 0 aliphatic carbocycles. The van der Waals surface area contributed by atoms with Gasteiger partial charge in [0, 0.05) is 20.2 Å². The fourth-order valence-electron chi connectivity index (χ4n) is 1.38. The number of hydrogen-bond donors (Lipinski definition) is 0. The second-order valence-corrected chi connectivity index (χ2v) is 4.34. The minimum Gasteiger partial charge on any atom is -0.378 e. The lowest BCUT2D eigenvalue weighted by atomic mass is 10.2. The van der Waals surface area contributed by atoms with Crippen molar-refractivity contribution in [2.75, 3.05) is 25.1 Å². The molecule has 76 valence electrons. The van der Waals surface area contributed by atoms with E-state index in [0.717, 1.165) is 35.1 Å².